The zero-order valence-corrected chi connectivity index (χ0v) is 14.6. The van der Waals surface area contributed by atoms with Crippen molar-refractivity contribution in [1.29, 1.82) is 0 Å². The van der Waals surface area contributed by atoms with Crippen LogP contribution in [0.4, 0.5) is 5.69 Å². The van der Waals surface area contributed by atoms with Crippen LogP contribution in [0.1, 0.15) is 17.3 Å². The highest BCUT2D eigenvalue weighted by Gasteiger charge is 2.25. The van der Waals surface area contributed by atoms with Gasteiger partial charge in [-0.05, 0) is 38.7 Å². The van der Waals surface area contributed by atoms with Crippen LogP contribution in [0.2, 0.25) is 19.6 Å². The molecule has 3 nitrogen and oxygen atoms in total. The number of Topliss-reactive ketones (excluding diaryl/α,β-unsaturated/α-hetero) is 1. The van der Waals surface area contributed by atoms with Gasteiger partial charge in [0.2, 0.25) is 5.78 Å². The number of ketones is 1. The van der Waals surface area contributed by atoms with Crippen molar-refractivity contribution in [1.82, 2.24) is 0 Å². The first-order valence-corrected chi connectivity index (χ1v) is 10.8. The summed E-state index contributed by atoms with van der Waals surface area (Å²) in [6, 6.07) is 19.3. The van der Waals surface area contributed by atoms with E-state index < -0.39 is 8.24 Å². The number of para-hydroxylation sites is 1. The number of carbonyl (C=O) groups is 1. The van der Waals surface area contributed by atoms with Crippen LogP contribution in [0, 0.1) is 0 Å². The Hall–Kier alpha value is -2.20. The maximum Gasteiger partial charge on any atom is 0.208 e. The molecule has 0 aliphatic carbocycles. The number of rotatable bonds is 5. The molecule has 2 aromatic carbocycles. The standard InChI is InChI=1S/C18H22N2OSi/c1-15(18(21)16-11-7-5-8-12-16)19-20(22(2,3)4)17-13-9-6-10-14-17/h5-14H,1-4H3/b19-15+. The molecule has 0 aliphatic rings. The molecule has 22 heavy (non-hydrogen) atoms. The lowest BCUT2D eigenvalue weighted by molar-refractivity contribution is 0.106. The van der Waals surface area contributed by atoms with E-state index in [4.69, 9.17) is 0 Å². The third-order valence-corrected chi connectivity index (χ3v) is 4.88. The SMILES string of the molecule is C/C(=N\N(c1ccccc1)[Si](C)(C)C)C(=O)c1ccccc1. The Morgan fingerprint density at radius 1 is 0.909 bits per heavy atom. The van der Waals surface area contributed by atoms with Gasteiger partial charge in [-0.25, -0.2) is 0 Å². The molecule has 0 saturated carbocycles. The van der Waals surface area contributed by atoms with Gasteiger partial charge in [0.1, 0.15) is 5.71 Å². The Morgan fingerprint density at radius 2 is 1.41 bits per heavy atom. The number of hydrogen-bond acceptors (Lipinski definition) is 3. The Kier molecular flexibility index (Phi) is 4.93. The van der Waals surface area contributed by atoms with Crippen molar-refractivity contribution in [2.75, 3.05) is 4.67 Å². The third-order valence-electron chi connectivity index (χ3n) is 3.25. The first kappa shape index (κ1) is 16.2. The van der Waals surface area contributed by atoms with Gasteiger partial charge >= 0.3 is 0 Å². The predicted octanol–water partition coefficient (Wildman–Crippen LogP) is 4.59. The monoisotopic (exact) mass is 310 g/mol. The summed E-state index contributed by atoms with van der Waals surface area (Å²) in [4.78, 5) is 12.5. The minimum absolute atomic E-state index is 0.0280. The van der Waals surface area contributed by atoms with E-state index >= 15 is 0 Å². The highest BCUT2D eigenvalue weighted by Crippen LogP contribution is 2.22. The zero-order chi connectivity index (χ0) is 16.2. The van der Waals surface area contributed by atoms with Gasteiger partial charge in [0.15, 0.2) is 8.24 Å². The minimum Gasteiger partial charge on any atom is -0.295 e. The molecule has 0 saturated heterocycles. The van der Waals surface area contributed by atoms with Crippen LogP contribution in [-0.2, 0) is 0 Å². The molecule has 0 amide bonds. The van der Waals surface area contributed by atoms with Gasteiger partial charge in [0.25, 0.3) is 0 Å². The van der Waals surface area contributed by atoms with Crippen LogP contribution >= 0.6 is 0 Å². The van der Waals surface area contributed by atoms with Crippen molar-refractivity contribution in [2.45, 2.75) is 26.6 Å². The van der Waals surface area contributed by atoms with Crippen LogP contribution < -0.4 is 4.67 Å². The van der Waals surface area contributed by atoms with Gasteiger partial charge in [-0.1, -0.05) is 48.5 Å². The van der Waals surface area contributed by atoms with Crippen molar-refractivity contribution in [3.63, 3.8) is 0 Å². The molecular formula is C18H22N2OSi. The summed E-state index contributed by atoms with van der Waals surface area (Å²) >= 11 is 0. The van der Waals surface area contributed by atoms with E-state index in [1.807, 2.05) is 65.3 Å². The van der Waals surface area contributed by atoms with Crippen LogP contribution in [0.15, 0.2) is 65.8 Å². The van der Waals surface area contributed by atoms with Gasteiger partial charge in [-0.3, -0.25) is 9.47 Å². The largest absolute Gasteiger partial charge is 0.295 e. The van der Waals surface area contributed by atoms with Gasteiger partial charge < -0.3 is 0 Å². The highest BCUT2D eigenvalue weighted by molar-refractivity contribution is 6.79. The lowest BCUT2D eigenvalue weighted by Crippen LogP contribution is -2.43. The number of hydrazone groups is 1. The highest BCUT2D eigenvalue weighted by atomic mass is 28.3. The summed E-state index contributed by atoms with van der Waals surface area (Å²) in [5, 5.41) is 4.66. The van der Waals surface area contributed by atoms with Crippen LogP contribution in [0.25, 0.3) is 0 Å². The van der Waals surface area contributed by atoms with E-state index in [2.05, 4.69) is 24.7 Å². The lowest BCUT2D eigenvalue weighted by atomic mass is 10.1. The first-order valence-electron chi connectivity index (χ1n) is 7.40. The lowest BCUT2D eigenvalue weighted by Gasteiger charge is -2.32. The number of carbonyl (C=O) groups excluding carboxylic acids is 1. The van der Waals surface area contributed by atoms with Gasteiger partial charge in [0, 0.05) is 11.3 Å². The van der Waals surface area contributed by atoms with Crippen molar-refractivity contribution >= 4 is 25.4 Å². The summed E-state index contributed by atoms with van der Waals surface area (Å²) in [5.74, 6) is -0.0280. The Morgan fingerprint density at radius 3 is 1.91 bits per heavy atom. The molecule has 0 unspecified atom stereocenters. The van der Waals surface area contributed by atoms with Crippen LogP contribution in [-0.4, -0.2) is 19.7 Å². The molecule has 0 atom stereocenters. The number of nitrogens with zero attached hydrogens (tertiary/aromatic N) is 2. The second-order valence-corrected chi connectivity index (χ2v) is 11.0. The molecule has 2 rings (SSSR count). The Bertz CT molecular complexity index is 660. The molecule has 114 valence electrons. The molecule has 4 heteroatoms. The molecule has 0 heterocycles. The van der Waals surface area contributed by atoms with E-state index in [-0.39, 0.29) is 5.78 Å². The molecule has 0 aromatic heterocycles. The normalized spacial score (nSPS) is 12.1. The van der Waals surface area contributed by atoms with Crippen molar-refractivity contribution in [2.24, 2.45) is 5.10 Å². The zero-order valence-electron chi connectivity index (χ0n) is 13.6. The number of hydrogen-bond donors (Lipinski definition) is 0. The molecular weight excluding hydrogens is 288 g/mol. The summed E-state index contributed by atoms with van der Waals surface area (Å²) in [7, 11) is -1.74. The van der Waals surface area contributed by atoms with Gasteiger partial charge in [-0.2, -0.15) is 5.10 Å². The fraction of sp³-hybridized carbons (Fsp3) is 0.222. The van der Waals surface area contributed by atoms with E-state index in [0.29, 0.717) is 11.3 Å². The molecule has 2 aromatic rings. The fourth-order valence-corrected chi connectivity index (χ4v) is 3.53. The smallest absolute Gasteiger partial charge is 0.208 e. The van der Waals surface area contributed by atoms with Gasteiger partial charge in [0.05, 0.1) is 0 Å². The van der Waals surface area contributed by atoms with E-state index in [9.17, 15) is 4.79 Å². The second kappa shape index (κ2) is 6.71. The number of benzene rings is 2. The average molecular weight is 310 g/mol. The van der Waals surface area contributed by atoms with E-state index in [1.165, 1.54) is 0 Å². The summed E-state index contributed by atoms with van der Waals surface area (Å²) < 4.78 is 2.03. The maximum absolute atomic E-state index is 12.5. The van der Waals surface area contributed by atoms with E-state index in [1.54, 1.807) is 6.92 Å². The number of anilines is 1. The molecule has 0 N–H and O–H groups in total. The second-order valence-electron chi connectivity index (χ2n) is 6.20. The minimum atomic E-state index is -1.74. The molecule has 0 bridgehead atoms. The molecule has 0 spiro atoms. The maximum atomic E-state index is 12.5. The average Bonchev–Trinajstić information content (AvgIpc) is 2.52. The van der Waals surface area contributed by atoms with Crippen molar-refractivity contribution < 1.29 is 4.79 Å². The topological polar surface area (TPSA) is 32.7 Å². The first-order chi connectivity index (χ1) is 10.4. The van der Waals surface area contributed by atoms with E-state index in [0.717, 1.165) is 5.69 Å². The Balaban J connectivity index is 2.36. The fourth-order valence-electron chi connectivity index (χ4n) is 2.16. The molecule has 0 radical (unpaired) electrons. The molecule has 0 fully saturated rings. The quantitative estimate of drug-likeness (QED) is 0.350. The summed E-state index contributed by atoms with van der Waals surface area (Å²) in [5.41, 5.74) is 2.21. The molecule has 0 aliphatic heterocycles. The Labute approximate surface area is 133 Å². The van der Waals surface area contributed by atoms with Crippen LogP contribution in [0.3, 0.4) is 0 Å². The van der Waals surface area contributed by atoms with Gasteiger partial charge in [-0.15, -0.1) is 0 Å². The third kappa shape index (κ3) is 3.92. The van der Waals surface area contributed by atoms with Crippen molar-refractivity contribution in [3.05, 3.63) is 66.2 Å². The summed E-state index contributed by atoms with van der Waals surface area (Å²) in [6.45, 7) is 8.42. The van der Waals surface area contributed by atoms with Crippen molar-refractivity contribution in [3.8, 4) is 0 Å². The predicted molar refractivity (Wildman–Crippen MR) is 96.1 cm³/mol. The summed E-state index contributed by atoms with van der Waals surface area (Å²) in [6.07, 6.45) is 0. The van der Waals surface area contributed by atoms with Crippen LogP contribution in [0.5, 0.6) is 0 Å².